The van der Waals surface area contributed by atoms with Crippen molar-refractivity contribution in [3.05, 3.63) is 0 Å². The van der Waals surface area contributed by atoms with Crippen LogP contribution in [0.3, 0.4) is 0 Å². The first-order valence-corrected chi connectivity index (χ1v) is 7.66. The molecule has 1 aliphatic carbocycles. The van der Waals surface area contributed by atoms with Gasteiger partial charge in [0.25, 0.3) is 0 Å². The maximum atomic E-state index is 9.05. The molecule has 0 spiro atoms. The van der Waals surface area contributed by atoms with Crippen LogP contribution in [-0.4, -0.2) is 33.7 Å². The van der Waals surface area contributed by atoms with Gasteiger partial charge in [0.1, 0.15) is 0 Å². The molecular weight excluding hydrogens is 240 g/mol. The maximum absolute atomic E-state index is 9.05. The van der Waals surface area contributed by atoms with Gasteiger partial charge in [-0.1, -0.05) is 16.6 Å². The lowest BCUT2D eigenvalue weighted by Crippen LogP contribution is -2.31. The number of aromatic nitrogens is 2. The topological polar surface area (TPSA) is 50.0 Å². The minimum atomic E-state index is 0.129. The zero-order chi connectivity index (χ0) is 13.2. The summed E-state index contributed by atoms with van der Waals surface area (Å²) in [6, 6.07) is 3.10. The van der Waals surface area contributed by atoms with Gasteiger partial charge in [-0.2, -0.15) is 5.26 Å². The molecule has 1 saturated heterocycles. The van der Waals surface area contributed by atoms with Crippen molar-refractivity contribution in [1.29, 1.82) is 5.26 Å². The summed E-state index contributed by atoms with van der Waals surface area (Å²) in [5.41, 5.74) is 0. The van der Waals surface area contributed by atoms with Crippen molar-refractivity contribution in [3.8, 4) is 6.07 Å². The molecule has 0 aromatic carbocycles. The largest absolute Gasteiger partial charge is 0.286 e. The predicted octanol–water partition coefficient (Wildman–Crippen LogP) is 2.62. The number of hydrogen-bond acceptors (Lipinski definition) is 3. The summed E-state index contributed by atoms with van der Waals surface area (Å²) in [5, 5.41) is 9.05. The molecule has 2 aliphatic rings. The molecule has 1 unspecified atom stereocenters. The molecule has 19 heavy (non-hydrogen) atoms. The van der Waals surface area contributed by atoms with Crippen LogP contribution in [-0.2, 0) is 6.54 Å². The van der Waals surface area contributed by atoms with Crippen LogP contribution in [0.5, 0.6) is 0 Å². The number of likely N-dealkylation sites (tertiary alicyclic amines) is 1. The summed E-state index contributed by atoms with van der Waals surface area (Å²) in [7, 11) is 0. The fourth-order valence-electron chi connectivity index (χ4n) is 3.39. The van der Waals surface area contributed by atoms with Gasteiger partial charge in [-0.25, -0.2) is 0 Å². The Hall–Kier alpha value is -1.15. The van der Waals surface area contributed by atoms with Crippen molar-refractivity contribution in [3.63, 3.8) is 0 Å². The van der Waals surface area contributed by atoms with E-state index in [2.05, 4.69) is 22.7 Å². The first-order chi connectivity index (χ1) is 9.28. The minimum Gasteiger partial charge on any atom is -0.286 e. The van der Waals surface area contributed by atoms with Gasteiger partial charge in [0.15, 0.2) is 0 Å². The molecule has 0 amide bonds. The van der Waals surface area contributed by atoms with Gasteiger partial charge in [-0.3, -0.25) is 9.53 Å². The summed E-state index contributed by atoms with van der Waals surface area (Å²) < 4.78 is 5.58. The number of nitrogens with zero attached hydrogens (tertiary/aromatic N) is 4. The monoisotopic (exact) mass is 264 g/mol. The molecule has 1 aliphatic heterocycles. The SMILES string of the molecule is CC1CCC(n2on2CCN2CCCC2C#N)CC1. The first-order valence-electron chi connectivity index (χ1n) is 7.66. The summed E-state index contributed by atoms with van der Waals surface area (Å²) in [4.78, 5) is 6.32. The van der Waals surface area contributed by atoms with Crippen LogP contribution in [0.15, 0.2) is 4.63 Å². The van der Waals surface area contributed by atoms with Gasteiger partial charge in [0.05, 0.1) is 24.7 Å². The predicted molar refractivity (Wildman–Crippen MR) is 71.6 cm³/mol. The van der Waals surface area contributed by atoms with E-state index >= 15 is 0 Å². The Kier molecular flexibility index (Phi) is 3.69. The highest BCUT2D eigenvalue weighted by Crippen LogP contribution is 2.33. The Morgan fingerprint density at radius 3 is 2.68 bits per heavy atom. The van der Waals surface area contributed by atoms with Crippen molar-refractivity contribution < 1.29 is 4.63 Å². The highest BCUT2D eigenvalue weighted by molar-refractivity contribution is 4.95. The van der Waals surface area contributed by atoms with E-state index in [0.717, 1.165) is 38.4 Å². The van der Waals surface area contributed by atoms with E-state index in [-0.39, 0.29) is 6.04 Å². The molecule has 0 radical (unpaired) electrons. The molecule has 2 heterocycles. The van der Waals surface area contributed by atoms with Gasteiger partial charge in [-0.15, -0.1) is 0 Å². The van der Waals surface area contributed by atoms with Crippen LogP contribution in [0, 0.1) is 17.2 Å². The molecular formula is C14H24N4O. The maximum Gasteiger partial charge on any atom is 0.0979 e. The zero-order valence-corrected chi connectivity index (χ0v) is 11.8. The van der Waals surface area contributed by atoms with Gasteiger partial charge in [0, 0.05) is 6.54 Å². The highest BCUT2D eigenvalue weighted by Gasteiger charge is 2.28. The molecule has 5 heteroatoms. The van der Waals surface area contributed by atoms with Crippen molar-refractivity contribution in [2.75, 3.05) is 13.1 Å². The van der Waals surface area contributed by atoms with Crippen molar-refractivity contribution in [2.24, 2.45) is 5.92 Å². The average Bonchev–Trinajstić information content (AvgIpc) is 3.06. The lowest BCUT2D eigenvalue weighted by molar-refractivity contribution is 0.246. The Balaban J connectivity index is 1.44. The first kappa shape index (κ1) is 12.9. The third-order valence-electron chi connectivity index (χ3n) is 4.76. The van der Waals surface area contributed by atoms with Crippen LogP contribution in [0.4, 0.5) is 0 Å². The third-order valence-corrected chi connectivity index (χ3v) is 4.76. The van der Waals surface area contributed by atoms with E-state index in [1.807, 2.05) is 4.85 Å². The van der Waals surface area contributed by atoms with Crippen molar-refractivity contribution in [2.45, 2.75) is 64.1 Å². The fraction of sp³-hybridized carbons (Fsp3) is 0.929. The van der Waals surface area contributed by atoms with E-state index < -0.39 is 0 Å². The second kappa shape index (κ2) is 5.46. The summed E-state index contributed by atoms with van der Waals surface area (Å²) in [5.74, 6) is 0.880. The summed E-state index contributed by atoms with van der Waals surface area (Å²) >= 11 is 0. The van der Waals surface area contributed by atoms with Crippen molar-refractivity contribution >= 4 is 0 Å². The van der Waals surface area contributed by atoms with Crippen LogP contribution in [0.25, 0.3) is 0 Å². The van der Waals surface area contributed by atoms with E-state index in [1.54, 1.807) is 0 Å². The lowest BCUT2D eigenvalue weighted by atomic mass is 9.88. The molecule has 1 saturated carbocycles. The quantitative estimate of drug-likeness (QED) is 0.840. The number of rotatable bonds is 4. The molecule has 2 fully saturated rings. The third kappa shape index (κ3) is 2.89. The standard InChI is InChI=1S/C14H24N4O/c1-12-4-6-13(7-5-12)18-17(19-18)10-9-16-8-2-3-14(16)11-15/h12-14H,2-10H2,1H3. The van der Waals surface area contributed by atoms with Crippen LogP contribution in [0.2, 0.25) is 0 Å². The number of hydrogen-bond donors (Lipinski definition) is 0. The summed E-state index contributed by atoms with van der Waals surface area (Å²) in [6.45, 7) is 5.24. The van der Waals surface area contributed by atoms with Gasteiger partial charge >= 0.3 is 0 Å². The molecule has 0 N–H and O–H groups in total. The van der Waals surface area contributed by atoms with E-state index in [4.69, 9.17) is 9.89 Å². The van der Waals surface area contributed by atoms with Crippen molar-refractivity contribution in [1.82, 2.24) is 14.6 Å². The fourth-order valence-corrected chi connectivity index (χ4v) is 3.39. The highest BCUT2D eigenvalue weighted by atomic mass is 16.8. The minimum absolute atomic E-state index is 0.129. The molecule has 1 aromatic rings. The molecule has 0 bridgehead atoms. The van der Waals surface area contributed by atoms with Gasteiger partial charge in [0.2, 0.25) is 0 Å². The van der Waals surface area contributed by atoms with E-state index in [1.165, 1.54) is 25.7 Å². The zero-order valence-electron chi connectivity index (χ0n) is 11.8. The molecule has 1 atom stereocenters. The van der Waals surface area contributed by atoms with Gasteiger partial charge in [-0.05, 0) is 51.0 Å². The van der Waals surface area contributed by atoms with E-state index in [9.17, 15) is 0 Å². The smallest absolute Gasteiger partial charge is 0.0979 e. The summed E-state index contributed by atoms with van der Waals surface area (Å²) in [6.07, 6.45) is 7.33. The average molecular weight is 264 g/mol. The van der Waals surface area contributed by atoms with Crippen LogP contribution >= 0.6 is 0 Å². The van der Waals surface area contributed by atoms with Crippen LogP contribution < -0.4 is 0 Å². The molecule has 1 aromatic heterocycles. The molecule has 106 valence electrons. The second-order valence-electron chi connectivity index (χ2n) is 6.20. The Morgan fingerprint density at radius 2 is 1.95 bits per heavy atom. The van der Waals surface area contributed by atoms with Gasteiger partial charge < -0.3 is 0 Å². The Bertz CT molecular complexity index is 430. The normalized spacial score (nSPS) is 32.7. The Morgan fingerprint density at radius 1 is 1.16 bits per heavy atom. The lowest BCUT2D eigenvalue weighted by Gasteiger charge is -2.22. The second-order valence-corrected chi connectivity index (χ2v) is 6.20. The molecule has 3 rings (SSSR count). The van der Waals surface area contributed by atoms with E-state index in [0.29, 0.717) is 6.04 Å². The number of nitriles is 1. The van der Waals surface area contributed by atoms with Crippen LogP contribution in [0.1, 0.15) is 51.5 Å². The molecule has 5 nitrogen and oxygen atoms in total. The Labute approximate surface area is 114 Å².